The molecule has 4 rings (SSSR count). The predicted molar refractivity (Wildman–Crippen MR) is 151 cm³/mol. The van der Waals surface area contributed by atoms with Crippen molar-refractivity contribution in [2.75, 3.05) is 0 Å². The molecule has 250 valence electrons. The highest BCUT2D eigenvalue weighted by molar-refractivity contribution is 6.58. The summed E-state index contributed by atoms with van der Waals surface area (Å²) in [5.74, 6) is -2.73. The molecule has 0 aliphatic carbocycles. The van der Waals surface area contributed by atoms with Crippen molar-refractivity contribution < 1.29 is 74.1 Å². The molecule has 19 heteroatoms. The number of halogens is 10. The van der Waals surface area contributed by atoms with Crippen molar-refractivity contribution in [1.82, 2.24) is 0 Å². The fourth-order valence-corrected chi connectivity index (χ4v) is 3.47. The van der Waals surface area contributed by atoms with Gasteiger partial charge in [0.05, 0.1) is 15.6 Å². The van der Waals surface area contributed by atoms with Crippen molar-refractivity contribution in [3.8, 4) is 28.7 Å². The lowest BCUT2D eigenvalue weighted by Crippen LogP contribution is -2.30. The minimum atomic E-state index is -4.86. The zero-order chi connectivity index (χ0) is 35.5. The predicted octanol–water partition coefficient (Wildman–Crippen LogP) is 7.24. The van der Waals surface area contributed by atoms with Crippen LogP contribution in [-0.2, 0) is 0 Å². The minimum Gasteiger partial charge on any atom is -0.508 e. The van der Waals surface area contributed by atoms with E-state index < -0.39 is 43.0 Å². The molecule has 47 heavy (non-hydrogen) atoms. The fourth-order valence-electron chi connectivity index (χ4n) is 3.05. The average molecular weight is 715 g/mol. The molecule has 0 spiro atoms. The van der Waals surface area contributed by atoms with Crippen LogP contribution in [0, 0.1) is 11.6 Å². The summed E-state index contributed by atoms with van der Waals surface area (Å²) >= 11 is 11.0. The second-order valence-electron chi connectivity index (χ2n) is 8.48. The van der Waals surface area contributed by atoms with E-state index in [9.17, 15) is 44.7 Å². The number of aromatic hydroxyl groups is 1. The van der Waals surface area contributed by atoms with Crippen LogP contribution in [0.1, 0.15) is 20.7 Å². The largest absolute Gasteiger partial charge is 0.573 e. The van der Waals surface area contributed by atoms with E-state index in [1.54, 1.807) is 0 Å². The van der Waals surface area contributed by atoms with Crippen LogP contribution in [0.5, 0.6) is 28.7 Å². The van der Waals surface area contributed by atoms with Crippen LogP contribution >= 0.6 is 23.2 Å². The summed E-state index contributed by atoms with van der Waals surface area (Å²) in [5, 5.41) is 25.4. The highest BCUT2D eigenvalue weighted by Gasteiger charge is 2.32. The second kappa shape index (κ2) is 16.8. The van der Waals surface area contributed by atoms with Crippen molar-refractivity contribution >= 4 is 48.4 Å². The molecule has 4 aromatic rings. The van der Waals surface area contributed by atoms with Crippen molar-refractivity contribution in [2.45, 2.75) is 12.7 Å². The highest BCUT2D eigenvalue weighted by atomic mass is 35.5. The van der Waals surface area contributed by atoms with Gasteiger partial charge < -0.3 is 29.4 Å². The molecule has 8 nitrogen and oxygen atoms in total. The second-order valence-corrected chi connectivity index (χ2v) is 9.29. The first-order chi connectivity index (χ1) is 21.8. The van der Waals surface area contributed by atoms with Crippen LogP contribution in [0.2, 0.25) is 10.0 Å². The number of hydrogen-bond acceptors (Lipinski definition) is 8. The van der Waals surface area contributed by atoms with E-state index in [2.05, 4.69) is 9.47 Å². The number of alkyl halides is 6. The van der Waals surface area contributed by atoms with Crippen LogP contribution in [0.4, 0.5) is 35.1 Å². The Morgan fingerprint density at radius 2 is 1.09 bits per heavy atom. The first kappa shape index (κ1) is 38.6. The number of benzene rings is 4. The molecule has 0 heterocycles. The summed E-state index contributed by atoms with van der Waals surface area (Å²) in [5.41, 5.74) is -0.211. The molecular formula is C28H17BCl2F8O8. The van der Waals surface area contributed by atoms with E-state index in [0.717, 1.165) is 42.5 Å². The molecule has 4 aromatic carbocycles. The Balaban J connectivity index is 0.000000263. The van der Waals surface area contributed by atoms with Gasteiger partial charge in [-0.15, -0.1) is 26.3 Å². The minimum absolute atomic E-state index is 0.0260. The van der Waals surface area contributed by atoms with Crippen molar-refractivity contribution in [2.24, 2.45) is 0 Å². The van der Waals surface area contributed by atoms with Gasteiger partial charge in [0.15, 0.2) is 12.6 Å². The Bertz CT molecular complexity index is 1690. The van der Waals surface area contributed by atoms with E-state index in [4.69, 9.17) is 43.1 Å². The van der Waals surface area contributed by atoms with Gasteiger partial charge in [-0.2, -0.15) is 0 Å². The molecule has 0 fully saturated rings. The summed E-state index contributed by atoms with van der Waals surface area (Å²) in [7, 11) is -1.71. The molecule has 0 bridgehead atoms. The average Bonchev–Trinajstić information content (AvgIpc) is 2.95. The molecule has 0 unspecified atom stereocenters. The number of hydrogen-bond donors (Lipinski definition) is 3. The fraction of sp³-hybridized carbons (Fsp3) is 0.0714. The van der Waals surface area contributed by atoms with Gasteiger partial charge in [-0.3, -0.25) is 9.59 Å². The smallest absolute Gasteiger partial charge is 0.508 e. The van der Waals surface area contributed by atoms with Gasteiger partial charge in [-0.25, -0.2) is 8.78 Å². The lowest BCUT2D eigenvalue weighted by atomic mass is 9.80. The maximum Gasteiger partial charge on any atom is 0.573 e. The summed E-state index contributed by atoms with van der Waals surface area (Å²) in [6.45, 7) is 0. The zero-order valence-electron chi connectivity index (χ0n) is 22.8. The summed E-state index contributed by atoms with van der Waals surface area (Å²) in [6.07, 6.45) is -8.93. The summed E-state index contributed by atoms with van der Waals surface area (Å²) in [4.78, 5) is 20.6. The Morgan fingerprint density at radius 1 is 0.638 bits per heavy atom. The van der Waals surface area contributed by atoms with E-state index in [1.807, 2.05) is 0 Å². The quantitative estimate of drug-likeness (QED) is 0.104. The third-order valence-corrected chi connectivity index (χ3v) is 5.65. The first-order valence-electron chi connectivity index (χ1n) is 12.1. The first-order valence-corrected chi connectivity index (χ1v) is 12.9. The lowest BCUT2D eigenvalue weighted by molar-refractivity contribution is -0.275. The van der Waals surface area contributed by atoms with Crippen LogP contribution in [-0.4, -0.2) is 47.6 Å². The molecule has 0 aliphatic heterocycles. The van der Waals surface area contributed by atoms with Gasteiger partial charge >= 0.3 is 19.8 Å². The Morgan fingerprint density at radius 3 is 1.51 bits per heavy atom. The molecule has 3 N–H and O–H groups in total. The van der Waals surface area contributed by atoms with E-state index in [0.29, 0.717) is 12.6 Å². The van der Waals surface area contributed by atoms with Gasteiger partial charge in [0, 0.05) is 23.8 Å². The SMILES string of the molecule is O=Cc1ccc(B(O)O)cc1F.O=Cc1ccc(Oc2ccc(OC(F)(F)F)c(Cl)c2)cc1F.Oc1ccc(OC(F)(F)F)c(Cl)c1. The van der Waals surface area contributed by atoms with Crippen LogP contribution in [0.3, 0.4) is 0 Å². The number of phenolic OH excluding ortho intramolecular Hbond substituents is 1. The van der Waals surface area contributed by atoms with Gasteiger partial charge in [-0.05, 0) is 54.0 Å². The van der Waals surface area contributed by atoms with Crippen LogP contribution in [0.25, 0.3) is 0 Å². The van der Waals surface area contributed by atoms with Crippen LogP contribution in [0.15, 0.2) is 72.8 Å². The molecular weight excluding hydrogens is 698 g/mol. The monoisotopic (exact) mass is 714 g/mol. The number of phenols is 1. The lowest BCUT2D eigenvalue weighted by Gasteiger charge is -2.12. The van der Waals surface area contributed by atoms with Crippen molar-refractivity contribution in [3.05, 3.63) is 106 Å². The third kappa shape index (κ3) is 13.4. The standard InChI is InChI=1S/C14H7ClF4O3.C7H6BFO3.C7H4ClF3O2/c15-11-5-9(3-4-13(11)22-14(17,18)19)21-10-2-1-8(7-20)12(16)6-10;9-7-3-6(8(11)12)2-1-5(7)4-10;8-5-3-4(12)1-2-6(5)13-7(9,10)11/h1-7H;1-4,11-12H;1-3,12H. The van der Waals surface area contributed by atoms with E-state index in [1.165, 1.54) is 30.3 Å². The Labute approximate surface area is 269 Å². The number of carbonyl (C=O) groups is 2. The summed E-state index contributed by atoms with van der Waals surface area (Å²) in [6, 6.07) is 13.1. The van der Waals surface area contributed by atoms with Gasteiger partial charge in [0.1, 0.15) is 40.4 Å². The van der Waals surface area contributed by atoms with Crippen molar-refractivity contribution in [3.63, 3.8) is 0 Å². The Kier molecular flexibility index (Phi) is 13.8. The summed E-state index contributed by atoms with van der Waals surface area (Å²) < 4.78 is 110. The highest BCUT2D eigenvalue weighted by Crippen LogP contribution is 2.35. The molecule has 0 saturated carbocycles. The van der Waals surface area contributed by atoms with Crippen LogP contribution < -0.4 is 19.7 Å². The maximum absolute atomic E-state index is 13.4. The van der Waals surface area contributed by atoms with E-state index in [-0.39, 0.29) is 43.9 Å². The van der Waals surface area contributed by atoms with Gasteiger partial charge in [0.2, 0.25) is 0 Å². The molecule has 0 atom stereocenters. The molecule has 0 amide bonds. The molecule has 0 aliphatic rings. The number of aldehydes is 2. The third-order valence-electron chi connectivity index (χ3n) is 5.05. The number of rotatable bonds is 7. The van der Waals surface area contributed by atoms with E-state index >= 15 is 0 Å². The Hall–Kier alpha value is -4.58. The van der Waals surface area contributed by atoms with Gasteiger partial charge in [-0.1, -0.05) is 29.3 Å². The topological polar surface area (TPSA) is 123 Å². The molecule has 0 saturated heterocycles. The molecule has 0 aromatic heterocycles. The van der Waals surface area contributed by atoms with Crippen molar-refractivity contribution in [1.29, 1.82) is 0 Å². The normalized spacial score (nSPS) is 10.8. The maximum atomic E-state index is 13.4. The number of carbonyl (C=O) groups excluding carboxylic acids is 2. The zero-order valence-corrected chi connectivity index (χ0v) is 24.3. The van der Waals surface area contributed by atoms with Gasteiger partial charge in [0.25, 0.3) is 0 Å². The number of ether oxygens (including phenoxy) is 3. The molecule has 0 radical (unpaired) electrons.